The van der Waals surface area contributed by atoms with Gasteiger partial charge in [-0.15, -0.1) is 0 Å². The summed E-state index contributed by atoms with van der Waals surface area (Å²) in [6, 6.07) is 4.23. The summed E-state index contributed by atoms with van der Waals surface area (Å²) in [4.78, 5) is -0.120. The van der Waals surface area contributed by atoms with Crippen molar-refractivity contribution in [2.24, 2.45) is 0 Å². The lowest BCUT2D eigenvalue weighted by Crippen LogP contribution is -2.32. The number of nitrogens with one attached hydrogen (secondary N) is 2. The van der Waals surface area contributed by atoms with Gasteiger partial charge < -0.3 is 0 Å². The van der Waals surface area contributed by atoms with Crippen molar-refractivity contribution in [1.82, 2.24) is 9.44 Å². The SMILES string of the molecule is CNS(=O)(=O)CCNS(=O)(=O)c1ccc(F)cc1. The van der Waals surface area contributed by atoms with Gasteiger partial charge in [-0.2, -0.15) is 0 Å². The van der Waals surface area contributed by atoms with Gasteiger partial charge >= 0.3 is 0 Å². The number of halogens is 1. The van der Waals surface area contributed by atoms with Crippen molar-refractivity contribution in [3.8, 4) is 0 Å². The Labute approximate surface area is 105 Å². The predicted molar refractivity (Wildman–Crippen MR) is 64.4 cm³/mol. The first-order valence-corrected chi connectivity index (χ1v) is 8.07. The van der Waals surface area contributed by atoms with Gasteiger partial charge in [0.2, 0.25) is 20.0 Å². The van der Waals surface area contributed by atoms with Crippen LogP contribution in [0.15, 0.2) is 29.2 Å². The van der Waals surface area contributed by atoms with Gasteiger partial charge in [0.1, 0.15) is 5.82 Å². The van der Waals surface area contributed by atoms with Crippen LogP contribution in [0.5, 0.6) is 0 Å². The largest absolute Gasteiger partial charge is 0.240 e. The van der Waals surface area contributed by atoms with Crippen LogP contribution in [0, 0.1) is 5.82 Å². The van der Waals surface area contributed by atoms with Crippen LogP contribution >= 0.6 is 0 Å². The molecule has 0 aliphatic carbocycles. The second-order valence-electron chi connectivity index (χ2n) is 3.37. The Kier molecular flexibility index (Phi) is 4.79. The molecule has 0 fully saturated rings. The molecule has 0 saturated heterocycles. The van der Waals surface area contributed by atoms with Crippen molar-refractivity contribution in [3.05, 3.63) is 30.1 Å². The van der Waals surface area contributed by atoms with Crippen molar-refractivity contribution in [2.75, 3.05) is 19.3 Å². The Morgan fingerprint density at radius 1 is 1.11 bits per heavy atom. The molecule has 102 valence electrons. The average molecular weight is 296 g/mol. The molecule has 6 nitrogen and oxygen atoms in total. The van der Waals surface area contributed by atoms with E-state index in [0.29, 0.717) is 0 Å². The summed E-state index contributed by atoms with van der Waals surface area (Å²) in [6.07, 6.45) is 0. The second kappa shape index (κ2) is 5.74. The zero-order valence-corrected chi connectivity index (χ0v) is 11.2. The monoisotopic (exact) mass is 296 g/mol. The summed E-state index contributed by atoms with van der Waals surface area (Å²) < 4.78 is 62.3. The minimum atomic E-state index is -3.82. The molecule has 0 bridgehead atoms. The minimum absolute atomic E-state index is 0.120. The van der Waals surface area contributed by atoms with Gasteiger partial charge in [-0.25, -0.2) is 30.7 Å². The Bertz CT molecular complexity index is 596. The average Bonchev–Trinajstić information content (AvgIpc) is 2.29. The van der Waals surface area contributed by atoms with Crippen LogP contribution in [0.25, 0.3) is 0 Å². The molecule has 0 spiro atoms. The smallest absolute Gasteiger partial charge is 0.218 e. The normalized spacial score (nSPS) is 12.6. The zero-order chi connectivity index (χ0) is 13.8. The highest BCUT2D eigenvalue weighted by molar-refractivity contribution is 7.90. The van der Waals surface area contributed by atoms with Crippen LogP contribution < -0.4 is 9.44 Å². The van der Waals surface area contributed by atoms with E-state index in [1.807, 2.05) is 0 Å². The first kappa shape index (κ1) is 15.0. The van der Waals surface area contributed by atoms with Crippen LogP contribution in [0.1, 0.15) is 0 Å². The molecular weight excluding hydrogens is 283 g/mol. The number of benzene rings is 1. The van der Waals surface area contributed by atoms with Gasteiger partial charge in [0.15, 0.2) is 0 Å². The lowest BCUT2D eigenvalue weighted by Gasteiger charge is -2.06. The Morgan fingerprint density at radius 2 is 1.67 bits per heavy atom. The molecule has 0 unspecified atom stereocenters. The molecular formula is C9H13FN2O4S2. The topological polar surface area (TPSA) is 92.3 Å². The zero-order valence-electron chi connectivity index (χ0n) is 9.55. The summed E-state index contributed by atoms with van der Waals surface area (Å²) >= 11 is 0. The molecule has 2 N–H and O–H groups in total. The molecule has 1 aromatic carbocycles. The summed E-state index contributed by atoms with van der Waals surface area (Å²) in [7, 11) is -6.04. The van der Waals surface area contributed by atoms with Gasteiger partial charge in [-0.1, -0.05) is 0 Å². The van der Waals surface area contributed by atoms with E-state index in [0.717, 1.165) is 24.3 Å². The fourth-order valence-corrected chi connectivity index (χ4v) is 2.85. The van der Waals surface area contributed by atoms with E-state index in [1.54, 1.807) is 0 Å². The highest BCUT2D eigenvalue weighted by atomic mass is 32.2. The first-order valence-electron chi connectivity index (χ1n) is 4.93. The molecule has 0 amide bonds. The van der Waals surface area contributed by atoms with Crippen molar-refractivity contribution in [3.63, 3.8) is 0 Å². The minimum Gasteiger partial charge on any atom is -0.218 e. The van der Waals surface area contributed by atoms with Crippen LogP contribution in [0.2, 0.25) is 0 Å². The van der Waals surface area contributed by atoms with E-state index >= 15 is 0 Å². The van der Waals surface area contributed by atoms with Gasteiger partial charge in [-0.3, -0.25) is 0 Å². The molecule has 0 aliphatic rings. The molecule has 1 aromatic rings. The third-order valence-corrected chi connectivity index (χ3v) is 4.94. The van der Waals surface area contributed by atoms with Crippen molar-refractivity contribution < 1.29 is 21.2 Å². The van der Waals surface area contributed by atoms with Crippen LogP contribution in [0.4, 0.5) is 4.39 Å². The van der Waals surface area contributed by atoms with Crippen LogP contribution in [-0.2, 0) is 20.0 Å². The van der Waals surface area contributed by atoms with E-state index in [2.05, 4.69) is 9.44 Å². The van der Waals surface area contributed by atoms with E-state index in [9.17, 15) is 21.2 Å². The maximum Gasteiger partial charge on any atom is 0.240 e. The fraction of sp³-hybridized carbons (Fsp3) is 0.333. The summed E-state index contributed by atoms with van der Waals surface area (Å²) in [5, 5.41) is 0. The number of sulfonamides is 2. The van der Waals surface area contributed by atoms with Gasteiger partial charge in [0.25, 0.3) is 0 Å². The molecule has 18 heavy (non-hydrogen) atoms. The standard InChI is InChI=1S/C9H13FN2O4S2/c1-11-17(13,14)7-6-12-18(15,16)9-4-2-8(10)3-5-9/h2-5,11-12H,6-7H2,1H3. The summed E-state index contributed by atoms with van der Waals surface area (Å²) in [5.74, 6) is -0.920. The molecule has 0 aliphatic heterocycles. The highest BCUT2D eigenvalue weighted by Gasteiger charge is 2.15. The third-order valence-electron chi connectivity index (χ3n) is 2.10. The summed E-state index contributed by atoms with van der Waals surface area (Å²) in [6.45, 7) is -0.261. The van der Waals surface area contributed by atoms with Crippen molar-refractivity contribution >= 4 is 20.0 Å². The highest BCUT2D eigenvalue weighted by Crippen LogP contribution is 2.09. The molecule has 0 saturated carbocycles. The fourth-order valence-electron chi connectivity index (χ4n) is 1.11. The molecule has 1 rings (SSSR count). The Hall–Kier alpha value is -1.03. The Morgan fingerprint density at radius 3 is 2.17 bits per heavy atom. The number of hydrogen-bond acceptors (Lipinski definition) is 4. The van der Waals surface area contributed by atoms with E-state index in [1.165, 1.54) is 7.05 Å². The molecule has 0 aromatic heterocycles. The quantitative estimate of drug-likeness (QED) is 0.751. The third kappa shape index (κ3) is 4.33. The van der Waals surface area contributed by atoms with E-state index in [4.69, 9.17) is 0 Å². The van der Waals surface area contributed by atoms with Crippen LogP contribution in [0.3, 0.4) is 0 Å². The van der Waals surface area contributed by atoms with Gasteiger partial charge in [-0.05, 0) is 31.3 Å². The second-order valence-corrected chi connectivity index (χ2v) is 7.19. The van der Waals surface area contributed by atoms with E-state index in [-0.39, 0.29) is 17.2 Å². The maximum absolute atomic E-state index is 12.6. The molecule has 0 radical (unpaired) electrons. The first-order chi connectivity index (χ1) is 8.27. The maximum atomic E-state index is 12.6. The predicted octanol–water partition coefficient (Wildman–Crippen LogP) is -0.347. The molecule has 0 atom stereocenters. The molecule has 0 heterocycles. The van der Waals surface area contributed by atoms with Crippen molar-refractivity contribution in [2.45, 2.75) is 4.90 Å². The van der Waals surface area contributed by atoms with Gasteiger partial charge in [0, 0.05) is 6.54 Å². The van der Waals surface area contributed by atoms with Crippen LogP contribution in [-0.4, -0.2) is 36.2 Å². The molecule has 9 heteroatoms. The summed E-state index contributed by atoms with van der Waals surface area (Å²) in [5.41, 5.74) is 0. The van der Waals surface area contributed by atoms with Crippen molar-refractivity contribution in [1.29, 1.82) is 0 Å². The number of hydrogen-bond donors (Lipinski definition) is 2. The van der Waals surface area contributed by atoms with E-state index < -0.39 is 25.9 Å². The number of rotatable bonds is 6. The Balaban J connectivity index is 2.69. The lowest BCUT2D eigenvalue weighted by molar-refractivity contribution is 0.578. The van der Waals surface area contributed by atoms with Gasteiger partial charge in [0.05, 0.1) is 10.6 Å². The lowest BCUT2D eigenvalue weighted by atomic mass is 10.4.